The molecule has 0 aromatic heterocycles. The van der Waals surface area contributed by atoms with E-state index in [0.29, 0.717) is 13.1 Å². The lowest BCUT2D eigenvalue weighted by Gasteiger charge is -2.12. The largest absolute Gasteiger partial charge is 0.356 e. The number of hydrogen-bond acceptors (Lipinski definition) is 3. The van der Waals surface area contributed by atoms with Crippen molar-refractivity contribution < 1.29 is 9.59 Å². The van der Waals surface area contributed by atoms with Gasteiger partial charge < -0.3 is 16.0 Å². The molecule has 1 saturated carbocycles. The zero-order valence-electron chi connectivity index (χ0n) is 16.0. The average Bonchev–Trinajstić information content (AvgIpc) is 3.40. The Balaban J connectivity index is 1.28. The Labute approximate surface area is 165 Å². The van der Waals surface area contributed by atoms with Gasteiger partial charge in [0, 0.05) is 30.9 Å². The SMILES string of the molecule is O=C1CC(C(=O)NCc2ccc(Nc3ccc(C4CCCC4)cc3)cc2)CN1. The van der Waals surface area contributed by atoms with Crippen molar-refractivity contribution in [2.45, 2.75) is 44.6 Å². The van der Waals surface area contributed by atoms with Gasteiger partial charge in [-0.2, -0.15) is 0 Å². The molecule has 4 rings (SSSR count). The summed E-state index contributed by atoms with van der Waals surface area (Å²) in [5.74, 6) is 0.372. The van der Waals surface area contributed by atoms with Gasteiger partial charge in [0.15, 0.2) is 0 Å². The molecule has 2 aromatic carbocycles. The fourth-order valence-electron chi connectivity index (χ4n) is 4.09. The fraction of sp³-hybridized carbons (Fsp3) is 0.391. The summed E-state index contributed by atoms with van der Waals surface area (Å²) in [5, 5.41) is 9.03. The molecule has 5 heteroatoms. The predicted octanol–water partition coefficient (Wildman–Crippen LogP) is 3.84. The molecule has 146 valence electrons. The van der Waals surface area contributed by atoms with E-state index in [0.717, 1.165) is 22.9 Å². The number of rotatable bonds is 6. The van der Waals surface area contributed by atoms with Gasteiger partial charge in [-0.1, -0.05) is 37.1 Å². The van der Waals surface area contributed by atoms with Crippen molar-refractivity contribution in [1.82, 2.24) is 10.6 Å². The van der Waals surface area contributed by atoms with Crippen LogP contribution in [-0.4, -0.2) is 18.4 Å². The first-order valence-corrected chi connectivity index (χ1v) is 10.2. The summed E-state index contributed by atoms with van der Waals surface area (Å²) in [5.41, 5.74) is 4.59. The molecule has 0 spiro atoms. The predicted molar refractivity (Wildman–Crippen MR) is 110 cm³/mol. The second-order valence-electron chi connectivity index (χ2n) is 7.85. The monoisotopic (exact) mass is 377 g/mol. The summed E-state index contributed by atoms with van der Waals surface area (Å²) < 4.78 is 0. The van der Waals surface area contributed by atoms with Crippen LogP contribution in [0.25, 0.3) is 0 Å². The van der Waals surface area contributed by atoms with Crippen LogP contribution < -0.4 is 16.0 Å². The third-order valence-corrected chi connectivity index (χ3v) is 5.79. The molecule has 1 saturated heterocycles. The van der Waals surface area contributed by atoms with Crippen molar-refractivity contribution in [3.63, 3.8) is 0 Å². The minimum Gasteiger partial charge on any atom is -0.356 e. The van der Waals surface area contributed by atoms with Crippen molar-refractivity contribution in [2.75, 3.05) is 11.9 Å². The first kappa shape index (κ1) is 18.5. The van der Waals surface area contributed by atoms with E-state index in [4.69, 9.17) is 0 Å². The van der Waals surface area contributed by atoms with Crippen molar-refractivity contribution in [3.8, 4) is 0 Å². The van der Waals surface area contributed by atoms with Crippen LogP contribution in [0, 0.1) is 5.92 Å². The Morgan fingerprint density at radius 2 is 1.61 bits per heavy atom. The molecule has 2 aliphatic rings. The zero-order chi connectivity index (χ0) is 19.3. The van der Waals surface area contributed by atoms with Crippen LogP contribution in [0.5, 0.6) is 0 Å². The van der Waals surface area contributed by atoms with Crippen LogP contribution in [0.3, 0.4) is 0 Å². The first-order chi connectivity index (χ1) is 13.7. The molecule has 0 radical (unpaired) electrons. The highest BCUT2D eigenvalue weighted by Gasteiger charge is 2.27. The molecular formula is C23H27N3O2. The van der Waals surface area contributed by atoms with Gasteiger partial charge in [-0.15, -0.1) is 0 Å². The number of amides is 2. The molecular weight excluding hydrogens is 350 g/mol. The van der Waals surface area contributed by atoms with Crippen molar-refractivity contribution in [3.05, 3.63) is 59.7 Å². The van der Waals surface area contributed by atoms with Crippen LogP contribution >= 0.6 is 0 Å². The zero-order valence-corrected chi connectivity index (χ0v) is 16.0. The summed E-state index contributed by atoms with van der Waals surface area (Å²) in [6.07, 6.45) is 5.63. The van der Waals surface area contributed by atoms with Crippen LogP contribution in [-0.2, 0) is 16.1 Å². The quantitative estimate of drug-likeness (QED) is 0.716. The maximum absolute atomic E-state index is 12.1. The van der Waals surface area contributed by atoms with E-state index in [-0.39, 0.29) is 24.2 Å². The maximum atomic E-state index is 12.1. The lowest BCUT2D eigenvalue weighted by molar-refractivity contribution is -0.126. The molecule has 5 nitrogen and oxygen atoms in total. The Morgan fingerprint density at radius 1 is 0.964 bits per heavy atom. The molecule has 0 bridgehead atoms. The van der Waals surface area contributed by atoms with Crippen LogP contribution in [0.1, 0.15) is 49.1 Å². The Hall–Kier alpha value is -2.82. The molecule has 1 aliphatic carbocycles. The first-order valence-electron chi connectivity index (χ1n) is 10.2. The number of anilines is 2. The van der Waals surface area contributed by atoms with Gasteiger partial charge >= 0.3 is 0 Å². The minimum absolute atomic E-state index is 0.0492. The van der Waals surface area contributed by atoms with E-state index in [1.165, 1.54) is 31.2 Å². The molecule has 2 fully saturated rings. The number of benzene rings is 2. The summed E-state index contributed by atoms with van der Waals surface area (Å²) in [6.45, 7) is 0.910. The second-order valence-corrected chi connectivity index (χ2v) is 7.85. The van der Waals surface area contributed by atoms with Gasteiger partial charge in [0.1, 0.15) is 0 Å². The normalized spacial score (nSPS) is 19.4. The van der Waals surface area contributed by atoms with Gasteiger partial charge in [-0.25, -0.2) is 0 Å². The summed E-state index contributed by atoms with van der Waals surface area (Å²) in [7, 11) is 0. The maximum Gasteiger partial charge on any atom is 0.225 e. The highest BCUT2D eigenvalue weighted by molar-refractivity contribution is 5.89. The van der Waals surface area contributed by atoms with Gasteiger partial charge in [0.05, 0.1) is 5.92 Å². The van der Waals surface area contributed by atoms with E-state index in [1.807, 2.05) is 24.3 Å². The lowest BCUT2D eigenvalue weighted by Crippen LogP contribution is -2.31. The van der Waals surface area contributed by atoms with Gasteiger partial charge in [-0.3, -0.25) is 9.59 Å². The molecule has 1 heterocycles. The number of carbonyl (C=O) groups is 2. The molecule has 1 aliphatic heterocycles. The Morgan fingerprint density at radius 3 is 2.21 bits per heavy atom. The minimum atomic E-state index is -0.249. The smallest absolute Gasteiger partial charge is 0.225 e. The van der Waals surface area contributed by atoms with E-state index >= 15 is 0 Å². The second kappa shape index (κ2) is 8.46. The summed E-state index contributed by atoms with van der Waals surface area (Å²) in [4.78, 5) is 23.3. The Kier molecular flexibility index (Phi) is 5.60. The number of carbonyl (C=O) groups excluding carboxylic acids is 2. The molecule has 2 amide bonds. The number of hydrogen-bond donors (Lipinski definition) is 3. The van der Waals surface area contributed by atoms with Gasteiger partial charge in [0.25, 0.3) is 0 Å². The van der Waals surface area contributed by atoms with E-state index in [9.17, 15) is 9.59 Å². The fourth-order valence-corrected chi connectivity index (χ4v) is 4.09. The molecule has 28 heavy (non-hydrogen) atoms. The topological polar surface area (TPSA) is 70.2 Å². The van der Waals surface area contributed by atoms with Gasteiger partial charge in [-0.05, 0) is 54.2 Å². The Bertz CT molecular complexity index is 824. The number of nitrogens with one attached hydrogen (secondary N) is 3. The van der Waals surface area contributed by atoms with E-state index < -0.39 is 0 Å². The highest BCUT2D eigenvalue weighted by Crippen LogP contribution is 2.34. The van der Waals surface area contributed by atoms with Crippen LogP contribution in [0.4, 0.5) is 11.4 Å². The van der Waals surface area contributed by atoms with Crippen molar-refractivity contribution >= 4 is 23.2 Å². The molecule has 1 unspecified atom stereocenters. The van der Waals surface area contributed by atoms with Crippen LogP contribution in [0.2, 0.25) is 0 Å². The standard InChI is InChI=1S/C23H27N3O2/c27-22-13-19(15-24-22)23(28)25-14-16-5-9-20(10-6-16)26-21-11-7-18(8-12-21)17-3-1-2-4-17/h5-12,17,19,26H,1-4,13-15H2,(H,24,27)(H,25,28). The lowest BCUT2D eigenvalue weighted by atomic mass is 9.97. The van der Waals surface area contributed by atoms with Crippen molar-refractivity contribution in [2.24, 2.45) is 5.92 Å². The van der Waals surface area contributed by atoms with E-state index in [2.05, 4.69) is 40.2 Å². The molecule has 2 aromatic rings. The third-order valence-electron chi connectivity index (χ3n) is 5.79. The average molecular weight is 377 g/mol. The van der Waals surface area contributed by atoms with E-state index in [1.54, 1.807) is 0 Å². The third kappa shape index (κ3) is 4.53. The summed E-state index contributed by atoms with van der Waals surface area (Å²) >= 11 is 0. The molecule has 1 atom stereocenters. The highest BCUT2D eigenvalue weighted by atomic mass is 16.2. The summed E-state index contributed by atoms with van der Waals surface area (Å²) in [6, 6.07) is 16.8. The molecule has 3 N–H and O–H groups in total. The van der Waals surface area contributed by atoms with Crippen molar-refractivity contribution in [1.29, 1.82) is 0 Å². The van der Waals surface area contributed by atoms with Crippen LogP contribution in [0.15, 0.2) is 48.5 Å². The van der Waals surface area contributed by atoms with Gasteiger partial charge in [0.2, 0.25) is 11.8 Å².